The van der Waals surface area contributed by atoms with Crippen LogP contribution in [0.5, 0.6) is 0 Å². The number of piperidine rings is 1. The first-order valence-corrected chi connectivity index (χ1v) is 7.54. The number of nitrogens with zero attached hydrogens (tertiary/aromatic N) is 3. The van der Waals surface area contributed by atoms with Gasteiger partial charge in [0.2, 0.25) is 5.91 Å². The number of hydrogen-bond acceptors (Lipinski definition) is 3. The summed E-state index contributed by atoms with van der Waals surface area (Å²) in [6.45, 7) is -1.33. The van der Waals surface area contributed by atoms with Crippen molar-refractivity contribution < 1.29 is 23.1 Å². The molecule has 1 aromatic rings. The van der Waals surface area contributed by atoms with Crippen LogP contribution in [-0.4, -0.2) is 65.1 Å². The Bertz CT molecular complexity index is 609. The lowest BCUT2D eigenvalue weighted by Gasteiger charge is -2.46. The largest absolute Gasteiger partial charge is 0.363 e. The first-order chi connectivity index (χ1) is 10.9. The van der Waals surface area contributed by atoms with E-state index in [2.05, 4.69) is 0 Å². The Labute approximate surface area is 132 Å². The summed E-state index contributed by atoms with van der Waals surface area (Å²) >= 11 is 0. The molecule has 0 unspecified atom stereocenters. The average Bonchev–Trinajstić information content (AvgIpc) is 3.01. The lowest BCUT2D eigenvalue weighted by atomic mass is 9.89. The Hall–Kier alpha value is -1.96. The summed E-state index contributed by atoms with van der Waals surface area (Å²) in [4.78, 5) is 27.2. The Morgan fingerprint density at radius 2 is 2.04 bits per heavy atom. The van der Waals surface area contributed by atoms with E-state index in [-0.39, 0.29) is 18.2 Å². The molecule has 2 aliphatic rings. The second-order valence-corrected chi connectivity index (χ2v) is 6.09. The van der Waals surface area contributed by atoms with E-state index < -0.39 is 18.1 Å². The van der Waals surface area contributed by atoms with Gasteiger partial charge < -0.3 is 14.5 Å². The zero-order valence-electron chi connectivity index (χ0n) is 12.9. The number of carbonyl (C=O) groups excluding carboxylic acids is 2. The molecule has 23 heavy (non-hydrogen) atoms. The highest BCUT2D eigenvalue weighted by Crippen LogP contribution is 2.30. The third kappa shape index (κ3) is 2.95. The van der Waals surface area contributed by atoms with Crippen molar-refractivity contribution in [1.29, 1.82) is 0 Å². The van der Waals surface area contributed by atoms with Gasteiger partial charge in [-0.15, -0.1) is 0 Å². The lowest BCUT2D eigenvalue weighted by molar-refractivity contribution is -0.167. The molecule has 0 aromatic carbocycles. The third-order valence-electron chi connectivity index (χ3n) is 4.62. The van der Waals surface area contributed by atoms with Crippen LogP contribution in [0.4, 0.5) is 8.78 Å². The molecule has 0 atom stereocenters. The van der Waals surface area contributed by atoms with Gasteiger partial charge in [-0.05, 0) is 25.0 Å². The van der Waals surface area contributed by atoms with E-state index in [1.165, 1.54) is 18.3 Å². The number of hydrogen-bond donors (Lipinski definition) is 0. The van der Waals surface area contributed by atoms with Gasteiger partial charge in [-0.2, -0.15) is 8.78 Å². The standard InChI is InChI=1S/C15H19F2N3O3/c1-18-10-15(23-9-12(18)21)4-7-19(8-5-15)13(22)11-3-2-6-20(11)14(16)17/h2-3,6,14H,4-5,7-10H2,1H3. The lowest BCUT2D eigenvalue weighted by Crippen LogP contribution is -2.58. The molecule has 0 aliphatic carbocycles. The number of aromatic nitrogens is 1. The fourth-order valence-electron chi connectivity index (χ4n) is 3.22. The first kappa shape index (κ1) is 15.9. The Kier molecular flexibility index (Phi) is 4.09. The number of ether oxygens (including phenoxy) is 1. The van der Waals surface area contributed by atoms with Crippen molar-refractivity contribution in [2.75, 3.05) is 33.3 Å². The quantitative estimate of drug-likeness (QED) is 0.824. The monoisotopic (exact) mass is 327 g/mol. The predicted molar refractivity (Wildman–Crippen MR) is 77.1 cm³/mol. The summed E-state index contributed by atoms with van der Waals surface area (Å²) in [6.07, 6.45) is 2.38. The van der Waals surface area contributed by atoms with Crippen molar-refractivity contribution in [2.45, 2.75) is 25.0 Å². The van der Waals surface area contributed by atoms with E-state index in [0.29, 0.717) is 37.0 Å². The molecule has 2 amide bonds. The highest BCUT2D eigenvalue weighted by atomic mass is 19.3. The van der Waals surface area contributed by atoms with Gasteiger partial charge in [0, 0.05) is 32.9 Å². The second kappa shape index (κ2) is 5.92. The fourth-order valence-corrected chi connectivity index (χ4v) is 3.22. The molecule has 0 N–H and O–H groups in total. The van der Waals surface area contributed by atoms with Crippen molar-refractivity contribution in [1.82, 2.24) is 14.4 Å². The summed E-state index contributed by atoms with van der Waals surface area (Å²) < 4.78 is 32.2. The number of halogens is 2. The molecule has 3 heterocycles. The molecule has 2 saturated heterocycles. The molecule has 2 fully saturated rings. The molecule has 126 valence electrons. The molecule has 0 bridgehead atoms. The summed E-state index contributed by atoms with van der Waals surface area (Å²) in [5, 5.41) is 0. The Balaban J connectivity index is 1.66. The van der Waals surface area contributed by atoms with Crippen LogP contribution in [0.15, 0.2) is 18.3 Å². The van der Waals surface area contributed by atoms with Crippen LogP contribution in [0.2, 0.25) is 0 Å². The van der Waals surface area contributed by atoms with E-state index in [4.69, 9.17) is 4.74 Å². The summed E-state index contributed by atoms with van der Waals surface area (Å²) in [6, 6.07) is 2.85. The van der Waals surface area contributed by atoms with E-state index in [0.717, 1.165) is 0 Å². The van der Waals surface area contributed by atoms with Gasteiger partial charge >= 0.3 is 6.55 Å². The number of amides is 2. The summed E-state index contributed by atoms with van der Waals surface area (Å²) in [5.41, 5.74) is -0.433. The van der Waals surface area contributed by atoms with E-state index in [1.807, 2.05) is 0 Å². The molecule has 1 spiro atoms. The van der Waals surface area contributed by atoms with E-state index >= 15 is 0 Å². The molecule has 2 aliphatic heterocycles. The summed E-state index contributed by atoms with van der Waals surface area (Å²) in [7, 11) is 1.74. The molecular formula is C15H19F2N3O3. The number of rotatable bonds is 2. The number of likely N-dealkylation sites (tertiary alicyclic amines) is 1. The maximum atomic E-state index is 12.9. The van der Waals surface area contributed by atoms with Crippen LogP contribution >= 0.6 is 0 Å². The zero-order chi connectivity index (χ0) is 16.6. The Morgan fingerprint density at radius 3 is 2.65 bits per heavy atom. The Morgan fingerprint density at radius 1 is 1.35 bits per heavy atom. The van der Waals surface area contributed by atoms with Gasteiger partial charge in [0.25, 0.3) is 5.91 Å². The van der Waals surface area contributed by atoms with Gasteiger partial charge in [0.1, 0.15) is 12.3 Å². The van der Waals surface area contributed by atoms with Crippen LogP contribution in [0.3, 0.4) is 0 Å². The van der Waals surface area contributed by atoms with Gasteiger partial charge in [0.15, 0.2) is 0 Å². The van der Waals surface area contributed by atoms with Gasteiger partial charge in [-0.25, -0.2) is 0 Å². The second-order valence-electron chi connectivity index (χ2n) is 6.09. The van der Waals surface area contributed by atoms with Crippen molar-refractivity contribution in [3.05, 3.63) is 24.0 Å². The minimum absolute atomic E-state index is 0.00666. The topological polar surface area (TPSA) is 54.8 Å². The smallest absolute Gasteiger partial charge is 0.319 e. The van der Waals surface area contributed by atoms with Crippen LogP contribution in [0.1, 0.15) is 29.9 Å². The number of morpholine rings is 1. The zero-order valence-corrected chi connectivity index (χ0v) is 12.9. The predicted octanol–water partition coefficient (Wildman–Crippen LogP) is 1.35. The number of likely N-dealkylation sites (N-methyl/N-ethyl adjacent to an activating group) is 1. The number of alkyl halides is 2. The third-order valence-corrected chi connectivity index (χ3v) is 4.62. The normalized spacial score (nSPS) is 21.3. The highest BCUT2D eigenvalue weighted by molar-refractivity contribution is 5.93. The van der Waals surface area contributed by atoms with Gasteiger partial charge in [-0.1, -0.05) is 0 Å². The van der Waals surface area contributed by atoms with Crippen molar-refractivity contribution in [3.63, 3.8) is 0 Å². The van der Waals surface area contributed by atoms with Gasteiger partial charge in [-0.3, -0.25) is 14.2 Å². The maximum absolute atomic E-state index is 12.9. The average molecular weight is 327 g/mol. The molecule has 8 heteroatoms. The molecule has 0 saturated carbocycles. The minimum Gasteiger partial charge on any atom is -0.363 e. The van der Waals surface area contributed by atoms with Crippen LogP contribution in [0, 0.1) is 0 Å². The highest BCUT2D eigenvalue weighted by Gasteiger charge is 2.42. The SMILES string of the molecule is CN1CC2(CCN(C(=O)c3cccn3C(F)F)CC2)OCC1=O. The van der Waals surface area contributed by atoms with Crippen molar-refractivity contribution in [2.24, 2.45) is 0 Å². The van der Waals surface area contributed by atoms with Crippen molar-refractivity contribution >= 4 is 11.8 Å². The van der Waals surface area contributed by atoms with E-state index in [9.17, 15) is 18.4 Å². The van der Waals surface area contributed by atoms with Crippen LogP contribution in [-0.2, 0) is 9.53 Å². The van der Waals surface area contributed by atoms with E-state index in [1.54, 1.807) is 16.8 Å². The maximum Gasteiger partial charge on any atom is 0.319 e. The minimum atomic E-state index is -2.73. The van der Waals surface area contributed by atoms with Gasteiger partial charge in [0.05, 0.1) is 5.60 Å². The molecule has 3 rings (SSSR count). The molecule has 6 nitrogen and oxygen atoms in total. The molecule has 0 radical (unpaired) electrons. The molecule has 1 aromatic heterocycles. The van der Waals surface area contributed by atoms with Crippen LogP contribution in [0.25, 0.3) is 0 Å². The fraction of sp³-hybridized carbons (Fsp3) is 0.600. The van der Waals surface area contributed by atoms with Crippen molar-refractivity contribution in [3.8, 4) is 0 Å². The molecular weight excluding hydrogens is 308 g/mol. The number of carbonyl (C=O) groups is 2. The van der Waals surface area contributed by atoms with Crippen LogP contribution < -0.4 is 0 Å². The summed E-state index contributed by atoms with van der Waals surface area (Å²) in [5.74, 6) is -0.450. The first-order valence-electron chi connectivity index (χ1n) is 7.54.